The van der Waals surface area contributed by atoms with Crippen molar-refractivity contribution >= 4 is 17.5 Å². The summed E-state index contributed by atoms with van der Waals surface area (Å²) >= 11 is 5.89. The molecule has 2 aromatic rings. The van der Waals surface area contributed by atoms with Gasteiger partial charge in [0.2, 0.25) is 0 Å². The van der Waals surface area contributed by atoms with Gasteiger partial charge in [-0.2, -0.15) is 0 Å². The van der Waals surface area contributed by atoms with Gasteiger partial charge in [-0.05, 0) is 73.6 Å². The molecule has 1 fully saturated rings. The van der Waals surface area contributed by atoms with Crippen molar-refractivity contribution in [1.29, 1.82) is 0 Å². The molecule has 0 saturated heterocycles. The van der Waals surface area contributed by atoms with Crippen molar-refractivity contribution in [3.8, 4) is 5.75 Å². The number of halogens is 1. The Morgan fingerprint density at radius 3 is 2.35 bits per heavy atom. The Balaban J connectivity index is 1.36. The monoisotopic (exact) mass is 373 g/mol. The molecule has 2 aromatic carbocycles. The molecular formula is C21H24ClNO3. The van der Waals surface area contributed by atoms with Gasteiger partial charge < -0.3 is 15.2 Å². The summed E-state index contributed by atoms with van der Waals surface area (Å²) in [6.07, 6.45) is 4.44. The van der Waals surface area contributed by atoms with Crippen LogP contribution in [0.5, 0.6) is 5.75 Å². The number of amides is 1. The Kier molecular flexibility index (Phi) is 6.53. The number of aromatic hydroxyl groups is 1. The van der Waals surface area contributed by atoms with Gasteiger partial charge in [-0.15, -0.1) is 0 Å². The van der Waals surface area contributed by atoms with Gasteiger partial charge in [-0.25, -0.2) is 0 Å². The van der Waals surface area contributed by atoms with Crippen LogP contribution in [-0.2, 0) is 11.3 Å². The van der Waals surface area contributed by atoms with E-state index in [0.717, 1.165) is 36.3 Å². The van der Waals surface area contributed by atoms with E-state index < -0.39 is 0 Å². The molecular weight excluding hydrogens is 350 g/mol. The molecule has 1 saturated carbocycles. The molecule has 0 atom stereocenters. The van der Waals surface area contributed by atoms with Crippen molar-refractivity contribution in [2.45, 2.75) is 38.4 Å². The second kappa shape index (κ2) is 9.06. The van der Waals surface area contributed by atoms with Crippen LogP contribution in [0.2, 0.25) is 5.02 Å². The number of carbonyl (C=O) groups excluding carboxylic acids is 1. The maximum absolute atomic E-state index is 12.1. The second-order valence-electron chi connectivity index (χ2n) is 6.84. The number of rotatable bonds is 6. The molecule has 1 aliphatic rings. The topological polar surface area (TPSA) is 58.6 Å². The highest BCUT2D eigenvalue weighted by Gasteiger charge is 2.22. The van der Waals surface area contributed by atoms with E-state index in [1.807, 2.05) is 24.3 Å². The Morgan fingerprint density at radius 1 is 1.04 bits per heavy atom. The van der Waals surface area contributed by atoms with Crippen LogP contribution in [0, 0.1) is 5.92 Å². The molecule has 5 heteroatoms. The Morgan fingerprint density at radius 2 is 1.69 bits per heavy atom. The summed E-state index contributed by atoms with van der Waals surface area (Å²) in [5, 5.41) is 13.0. The number of benzene rings is 2. The van der Waals surface area contributed by atoms with Crippen LogP contribution in [-0.4, -0.2) is 23.7 Å². The summed E-state index contributed by atoms with van der Waals surface area (Å²) in [4.78, 5) is 12.1. The van der Waals surface area contributed by atoms with Crippen molar-refractivity contribution in [3.05, 3.63) is 64.7 Å². The van der Waals surface area contributed by atoms with Crippen molar-refractivity contribution < 1.29 is 14.6 Å². The lowest BCUT2D eigenvalue weighted by molar-refractivity contribution is 0.00731. The molecule has 4 nitrogen and oxygen atoms in total. The first-order valence-corrected chi connectivity index (χ1v) is 9.41. The van der Waals surface area contributed by atoms with Crippen molar-refractivity contribution in [1.82, 2.24) is 5.32 Å². The summed E-state index contributed by atoms with van der Waals surface area (Å²) < 4.78 is 6.01. The predicted molar refractivity (Wildman–Crippen MR) is 102 cm³/mol. The molecule has 138 valence electrons. The number of ether oxygens (including phenoxy) is 1. The average Bonchev–Trinajstić information content (AvgIpc) is 2.67. The van der Waals surface area contributed by atoms with Crippen LogP contribution in [0.1, 0.15) is 41.6 Å². The average molecular weight is 374 g/mol. The van der Waals surface area contributed by atoms with Crippen molar-refractivity contribution in [2.24, 2.45) is 5.92 Å². The molecule has 0 spiro atoms. The standard InChI is InChI=1S/C21H24ClNO3/c22-18-7-1-16(2-8-18)14-26-20-11-3-15(4-12-20)13-23-21(25)17-5-9-19(24)10-6-17/h1-2,5-10,15,20,24H,3-4,11-14H2,(H,23,25)/t15-,20+. The van der Waals surface area contributed by atoms with Gasteiger partial charge in [0.05, 0.1) is 12.7 Å². The summed E-state index contributed by atoms with van der Waals surface area (Å²) in [5.74, 6) is 0.566. The SMILES string of the molecule is O=C(NC[C@H]1CC[C@@H](OCc2ccc(Cl)cc2)CC1)c1ccc(O)cc1. The molecule has 26 heavy (non-hydrogen) atoms. The van der Waals surface area contributed by atoms with E-state index in [4.69, 9.17) is 16.3 Å². The summed E-state index contributed by atoms with van der Waals surface area (Å²) in [5.41, 5.74) is 1.71. The van der Waals surface area contributed by atoms with E-state index in [9.17, 15) is 9.90 Å². The number of phenolic OH excluding ortho intramolecular Hbond substituents is 1. The fourth-order valence-electron chi connectivity index (χ4n) is 3.25. The zero-order valence-electron chi connectivity index (χ0n) is 14.7. The summed E-state index contributed by atoms with van der Waals surface area (Å²) in [6.45, 7) is 1.30. The van der Waals surface area contributed by atoms with E-state index in [0.29, 0.717) is 24.6 Å². The van der Waals surface area contributed by atoms with Gasteiger partial charge in [0.15, 0.2) is 0 Å². The third kappa shape index (κ3) is 5.48. The molecule has 0 heterocycles. The number of hydrogen-bond acceptors (Lipinski definition) is 3. The fraction of sp³-hybridized carbons (Fsp3) is 0.381. The lowest BCUT2D eigenvalue weighted by Crippen LogP contribution is -2.32. The molecule has 0 radical (unpaired) electrons. The Labute approximate surface area is 159 Å². The van der Waals surface area contributed by atoms with Gasteiger partial charge >= 0.3 is 0 Å². The molecule has 1 amide bonds. The van der Waals surface area contributed by atoms with Gasteiger partial charge in [0, 0.05) is 17.1 Å². The highest BCUT2D eigenvalue weighted by atomic mass is 35.5. The lowest BCUT2D eigenvalue weighted by atomic mass is 9.87. The molecule has 3 rings (SSSR count). The van der Waals surface area contributed by atoms with Gasteiger partial charge in [0.1, 0.15) is 5.75 Å². The van der Waals surface area contributed by atoms with Crippen LogP contribution in [0.15, 0.2) is 48.5 Å². The lowest BCUT2D eigenvalue weighted by Gasteiger charge is -2.28. The molecule has 2 N–H and O–H groups in total. The summed E-state index contributed by atoms with van der Waals surface area (Å²) in [7, 11) is 0. The molecule has 0 bridgehead atoms. The molecule has 0 aliphatic heterocycles. The number of carbonyl (C=O) groups is 1. The van der Waals surface area contributed by atoms with E-state index in [-0.39, 0.29) is 17.8 Å². The molecule has 0 unspecified atom stereocenters. The third-order valence-electron chi connectivity index (χ3n) is 4.87. The van der Waals surface area contributed by atoms with Crippen LogP contribution >= 0.6 is 11.6 Å². The van der Waals surface area contributed by atoms with Crippen molar-refractivity contribution in [2.75, 3.05) is 6.54 Å². The van der Waals surface area contributed by atoms with E-state index in [1.165, 1.54) is 12.1 Å². The second-order valence-corrected chi connectivity index (χ2v) is 7.27. The largest absolute Gasteiger partial charge is 0.508 e. The van der Waals surface area contributed by atoms with Crippen LogP contribution in [0.4, 0.5) is 0 Å². The Hall–Kier alpha value is -2.04. The summed E-state index contributed by atoms with van der Waals surface area (Å²) in [6, 6.07) is 14.1. The number of nitrogens with one attached hydrogen (secondary N) is 1. The molecule has 0 aromatic heterocycles. The van der Waals surface area contributed by atoms with Gasteiger partial charge in [0.25, 0.3) is 5.91 Å². The zero-order valence-corrected chi connectivity index (χ0v) is 15.4. The Bertz CT molecular complexity index is 707. The van der Waals surface area contributed by atoms with Crippen LogP contribution in [0.25, 0.3) is 0 Å². The normalized spacial score (nSPS) is 19.9. The van der Waals surface area contributed by atoms with E-state index in [1.54, 1.807) is 12.1 Å². The first-order valence-electron chi connectivity index (χ1n) is 9.03. The maximum Gasteiger partial charge on any atom is 0.251 e. The fourth-order valence-corrected chi connectivity index (χ4v) is 3.38. The minimum Gasteiger partial charge on any atom is -0.508 e. The van der Waals surface area contributed by atoms with Gasteiger partial charge in [-0.3, -0.25) is 4.79 Å². The van der Waals surface area contributed by atoms with Crippen LogP contribution in [0.3, 0.4) is 0 Å². The highest BCUT2D eigenvalue weighted by molar-refractivity contribution is 6.30. The van der Waals surface area contributed by atoms with E-state index in [2.05, 4.69) is 5.32 Å². The van der Waals surface area contributed by atoms with Crippen molar-refractivity contribution in [3.63, 3.8) is 0 Å². The minimum atomic E-state index is -0.0916. The third-order valence-corrected chi connectivity index (χ3v) is 5.13. The van der Waals surface area contributed by atoms with Gasteiger partial charge in [-0.1, -0.05) is 23.7 Å². The maximum atomic E-state index is 12.1. The number of phenols is 1. The van der Waals surface area contributed by atoms with E-state index >= 15 is 0 Å². The first-order chi connectivity index (χ1) is 12.6. The first kappa shape index (κ1) is 18.7. The zero-order chi connectivity index (χ0) is 18.4. The molecule has 1 aliphatic carbocycles. The number of hydrogen-bond donors (Lipinski definition) is 2. The highest BCUT2D eigenvalue weighted by Crippen LogP contribution is 2.26. The quantitative estimate of drug-likeness (QED) is 0.780. The minimum absolute atomic E-state index is 0.0916. The predicted octanol–water partition coefficient (Wildman–Crippen LogP) is 4.55. The van der Waals surface area contributed by atoms with Crippen LogP contribution < -0.4 is 5.32 Å². The smallest absolute Gasteiger partial charge is 0.251 e.